The molecule has 2 heterocycles. The molecule has 1 saturated heterocycles. The highest BCUT2D eigenvalue weighted by Crippen LogP contribution is 2.34. The zero-order valence-corrected chi connectivity index (χ0v) is 18.3. The van der Waals surface area contributed by atoms with Crippen molar-refractivity contribution < 1.29 is 17.9 Å². The van der Waals surface area contributed by atoms with Crippen LogP contribution in [0.2, 0.25) is 0 Å². The minimum Gasteiger partial charge on any atom is -0.454 e. The monoisotopic (exact) mass is 431 g/mol. The number of hydrogen-bond acceptors (Lipinski definition) is 6. The highest BCUT2D eigenvalue weighted by molar-refractivity contribution is 7.89. The van der Waals surface area contributed by atoms with Gasteiger partial charge in [-0.05, 0) is 55.8 Å². The van der Waals surface area contributed by atoms with Crippen molar-refractivity contribution in [2.24, 2.45) is 0 Å². The van der Waals surface area contributed by atoms with Crippen molar-refractivity contribution in [3.8, 4) is 11.5 Å². The Kier molecular flexibility index (Phi) is 6.17. The van der Waals surface area contributed by atoms with Crippen LogP contribution in [0.3, 0.4) is 0 Å². The molecule has 2 aliphatic heterocycles. The van der Waals surface area contributed by atoms with Crippen molar-refractivity contribution in [3.63, 3.8) is 0 Å². The lowest BCUT2D eigenvalue weighted by Gasteiger charge is -2.35. The van der Waals surface area contributed by atoms with E-state index in [0.717, 1.165) is 37.2 Å². The molecule has 2 aromatic rings. The number of fused-ring (bicyclic) bond motifs is 1. The van der Waals surface area contributed by atoms with Crippen LogP contribution >= 0.6 is 0 Å². The number of nitrogens with one attached hydrogen (secondary N) is 1. The third kappa shape index (κ3) is 4.55. The van der Waals surface area contributed by atoms with Crippen LogP contribution in [0.1, 0.15) is 30.9 Å². The zero-order chi connectivity index (χ0) is 21.1. The highest BCUT2D eigenvalue weighted by atomic mass is 32.2. The summed E-state index contributed by atoms with van der Waals surface area (Å²) in [5.74, 6) is 1.03. The number of rotatable bonds is 7. The van der Waals surface area contributed by atoms with E-state index in [9.17, 15) is 8.42 Å². The van der Waals surface area contributed by atoms with Gasteiger partial charge in [0.2, 0.25) is 16.8 Å². The minimum absolute atomic E-state index is 0.00898. The van der Waals surface area contributed by atoms with Gasteiger partial charge in [0.15, 0.2) is 11.5 Å². The largest absolute Gasteiger partial charge is 0.454 e. The third-order valence-corrected chi connectivity index (χ3v) is 7.17. The second-order valence-electron chi connectivity index (χ2n) is 7.97. The normalized spacial score (nSPS) is 17.7. The Morgan fingerprint density at radius 3 is 2.40 bits per heavy atom. The average Bonchev–Trinajstić information content (AvgIpc) is 3.23. The van der Waals surface area contributed by atoms with Crippen LogP contribution in [0.4, 0.5) is 5.69 Å². The molecule has 0 radical (unpaired) electrons. The number of ether oxygens (including phenoxy) is 2. The summed E-state index contributed by atoms with van der Waals surface area (Å²) in [6, 6.07) is 13.1. The van der Waals surface area contributed by atoms with Gasteiger partial charge in [0.25, 0.3) is 0 Å². The van der Waals surface area contributed by atoms with Gasteiger partial charge in [-0.2, -0.15) is 0 Å². The predicted molar refractivity (Wildman–Crippen MR) is 117 cm³/mol. The van der Waals surface area contributed by atoms with Gasteiger partial charge in [-0.3, -0.25) is 4.90 Å². The molecule has 1 fully saturated rings. The van der Waals surface area contributed by atoms with Crippen molar-refractivity contribution >= 4 is 15.7 Å². The molecule has 7 nitrogen and oxygen atoms in total. The van der Waals surface area contributed by atoms with Crippen LogP contribution in [0.25, 0.3) is 0 Å². The van der Waals surface area contributed by atoms with Gasteiger partial charge in [-0.15, -0.1) is 0 Å². The molecule has 4 rings (SSSR count). The van der Waals surface area contributed by atoms with Gasteiger partial charge in [0.1, 0.15) is 0 Å². The molecule has 0 amide bonds. The van der Waals surface area contributed by atoms with Gasteiger partial charge in [-0.1, -0.05) is 18.6 Å². The molecule has 1 unspecified atom stereocenters. The number of likely N-dealkylation sites (tertiary alicyclic amines) is 1. The van der Waals surface area contributed by atoms with E-state index >= 15 is 0 Å². The van der Waals surface area contributed by atoms with E-state index in [0.29, 0.717) is 18.0 Å². The fourth-order valence-electron chi connectivity index (χ4n) is 4.00. The van der Waals surface area contributed by atoms with E-state index in [4.69, 9.17) is 9.47 Å². The van der Waals surface area contributed by atoms with E-state index in [1.807, 2.05) is 14.1 Å². The van der Waals surface area contributed by atoms with Crippen molar-refractivity contribution in [1.82, 2.24) is 9.62 Å². The topological polar surface area (TPSA) is 71.1 Å². The molecule has 1 atom stereocenters. The Morgan fingerprint density at radius 2 is 1.70 bits per heavy atom. The SMILES string of the molecule is CN(C)c1ccc(C(CNS(=O)(=O)c2ccc3c(c2)OCO3)N2CCCCC2)cc1. The quantitative estimate of drug-likeness (QED) is 0.727. The van der Waals surface area contributed by atoms with Crippen molar-refractivity contribution in [2.45, 2.75) is 30.2 Å². The molecular weight excluding hydrogens is 402 g/mol. The summed E-state index contributed by atoms with van der Waals surface area (Å²) in [7, 11) is 0.355. The predicted octanol–water partition coefficient (Wildman–Crippen LogP) is 2.99. The minimum atomic E-state index is -3.67. The summed E-state index contributed by atoms with van der Waals surface area (Å²) in [6.45, 7) is 2.39. The van der Waals surface area contributed by atoms with E-state index < -0.39 is 10.0 Å². The lowest BCUT2D eigenvalue weighted by atomic mass is 10.0. The molecule has 0 spiro atoms. The van der Waals surface area contributed by atoms with Gasteiger partial charge in [0.05, 0.1) is 4.90 Å². The van der Waals surface area contributed by atoms with Gasteiger partial charge < -0.3 is 14.4 Å². The van der Waals surface area contributed by atoms with Gasteiger partial charge in [-0.25, -0.2) is 13.1 Å². The average molecular weight is 432 g/mol. The number of hydrogen-bond donors (Lipinski definition) is 1. The third-order valence-electron chi connectivity index (χ3n) is 5.75. The summed E-state index contributed by atoms with van der Waals surface area (Å²) >= 11 is 0. The number of nitrogens with zero attached hydrogens (tertiary/aromatic N) is 2. The Hall–Kier alpha value is -2.29. The Balaban J connectivity index is 1.53. The molecule has 0 aliphatic carbocycles. The van der Waals surface area contributed by atoms with Gasteiger partial charge >= 0.3 is 0 Å². The summed E-state index contributed by atoms with van der Waals surface area (Å²) in [5, 5.41) is 0. The number of sulfonamides is 1. The van der Waals surface area contributed by atoms with Crippen LogP contribution < -0.4 is 19.1 Å². The fourth-order valence-corrected chi connectivity index (χ4v) is 5.05. The Bertz CT molecular complexity index is 970. The van der Waals surface area contributed by atoms with Crippen LogP contribution in [0.5, 0.6) is 11.5 Å². The standard InChI is InChI=1S/C22H29N3O4S/c1-24(2)18-8-6-17(7-9-18)20(25-12-4-3-5-13-25)15-23-30(26,27)19-10-11-21-22(14-19)29-16-28-21/h6-11,14,20,23H,3-5,12-13,15-16H2,1-2H3. The second kappa shape index (κ2) is 8.83. The maximum Gasteiger partial charge on any atom is 0.240 e. The molecule has 162 valence electrons. The lowest BCUT2D eigenvalue weighted by molar-refractivity contribution is 0.164. The Morgan fingerprint density at radius 1 is 1.00 bits per heavy atom. The fraction of sp³-hybridized carbons (Fsp3) is 0.455. The number of anilines is 1. The van der Waals surface area contributed by atoms with Gasteiger partial charge in [0, 0.05) is 38.4 Å². The molecule has 0 saturated carbocycles. The van der Waals surface area contributed by atoms with E-state index in [2.05, 4.69) is 38.8 Å². The first-order valence-electron chi connectivity index (χ1n) is 10.3. The van der Waals surface area contributed by atoms with E-state index in [1.165, 1.54) is 12.5 Å². The number of benzene rings is 2. The molecule has 1 N–H and O–H groups in total. The zero-order valence-electron chi connectivity index (χ0n) is 17.5. The lowest BCUT2D eigenvalue weighted by Crippen LogP contribution is -2.40. The van der Waals surface area contributed by atoms with Crippen molar-refractivity contribution in [2.75, 3.05) is 45.4 Å². The maximum atomic E-state index is 13.0. The smallest absolute Gasteiger partial charge is 0.240 e. The molecule has 2 aromatic carbocycles. The van der Waals surface area contributed by atoms with E-state index in [-0.39, 0.29) is 17.7 Å². The highest BCUT2D eigenvalue weighted by Gasteiger charge is 2.26. The van der Waals surface area contributed by atoms with Crippen molar-refractivity contribution in [3.05, 3.63) is 48.0 Å². The summed E-state index contributed by atoms with van der Waals surface area (Å²) < 4.78 is 39.4. The molecule has 30 heavy (non-hydrogen) atoms. The first-order valence-corrected chi connectivity index (χ1v) is 11.8. The van der Waals surface area contributed by atoms with Crippen molar-refractivity contribution in [1.29, 1.82) is 0 Å². The second-order valence-corrected chi connectivity index (χ2v) is 9.73. The summed E-state index contributed by atoms with van der Waals surface area (Å²) in [5.41, 5.74) is 2.24. The van der Waals surface area contributed by atoms with E-state index in [1.54, 1.807) is 12.1 Å². The van der Waals surface area contributed by atoms with Crippen LogP contribution in [0.15, 0.2) is 47.4 Å². The summed E-state index contributed by atoms with van der Waals surface area (Å²) in [4.78, 5) is 4.63. The molecular formula is C22H29N3O4S. The first-order chi connectivity index (χ1) is 14.4. The maximum absolute atomic E-state index is 13.0. The number of piperidine rings is 1. The molecule has 8 heteroatoms. The summed E-state index contributed by atoms with van der Waals surface area (Å²) in [6.07, 6.45) is 3.51. The first kappa shape index (κ1) is 21.0. The molecule has 0 bridgehead atoms. The molecule has 0 aromatic heterocycles. The van der Waals surface area contributed by atoms with Crippen LogP contribution in [-0.4, -0.2) is 53.8 Å². The Labute approximate surface area is 178 Å². The van der Waals surface area contributed by atoms with Crippen LogP contribution in [-0.2, 0) is 10.0 Å². The molecule has 2 aliphatic rings. The van der Waals surface area contributed by atoms with Crippen LogP contribution in [0, 0.1) is 0 Å².